The lowest BCUT2D eigenvalue weighted by Gasteiger charge is -1.62. The summed E-state index contributed by atoms with van der Waals surface area (Å²) >= 11 is 9.19. The van der Waals surface area contributed by atoms with Gasteiger partial charge in [0.25, 0.3) is 0 Å². The van der Waals surface area contributed by atoms with E-state index in [9.17, 15) is 4.39 Å². The van der Waals surface area contributed by atoms with Crippen molar-refractivity contribution in [3.8, 4) is 0 Å². The van der Waals surface area contributed by atoms with E-state index in [0.29, 0.717) is 5.54 Å². The van der Waals surface area contributed by atoms with Crippen molar-refractivity contribution in [2.75, 3.05) is 0 Å². The Kier molecular flexibility index (Phi) is 2.61. The van der Waals surface area contributed by atoms with Gasteiger partial charge in [-0.15, -0.1) is 0 Å². The van der Waals surface area contributed by atoms with E-state index in [4.69, 9.17) is 0 Å². The smallest absolute Gasteiger partial charge is 0.193 e. The summed E-state index contributed by atoms with van der Waals surface area (Å²) in [7, 11) is 0. The lowest BCUT2D eigenvalue weighted by Crippen LogP contribution is -1.37. The fourth-order valence-corrected chi connectivity index (χ4v) is 0. The molecule has 0 aliphatic carbocycles. The molecule has 0 fully saturated rings. The zero-order chi connectivity index (χ0) is 4.28. The second-order valence-corrected chi connectivity index (χ2v) is 0.978. The highest BCUT2D eigenvalue weighted by Crippen LogP contribution is 2.01. The number of halogens is 3. The number of hydrogen-bond donors (Lipinski definition) is 0. The normalized spacial score (nSPS) is 12.2. The summed E-state index contributed by atoms with van der Waals surface area (Å²) in [6, 6.07) is 0. The lowest BCUT2D eigenvalue weighted by atomic mass is 11.2. The lowest BCUT2D eigenvalue weighted by molar-refractivity contribution is 0.697. The summed E-state index contributed by atoms with van der Waals surface area (Å²) < 4.78 is 10.9. The Labute approximate surface area is 39.2 Å². The van der Waals surface area contributed by atoms with E-state index in [1.807, 2.05) is 0 Å². The van der Waals surface area contributed by atoms with Gasteiger partial charge in [-0.05, 0) is 0 Å². The van der Waals surface area contributed by atoms with Gasteiger partial charge in [0.1, 0.15) is 0 Å². The van der Waals surface area contributed by atoms with Crippen LogP contribution in [0.3, 0.4) is 0 Å². The first kappa shape index (κ1) is 5.25. The van der Waals surface area contributed by atoms with Crippen molar-refractivity contribution in [2.24, 2.45) is 0 Å². The average Bonchev–Trinajstić information content (AvgIpc) is 1.38. The van der Waals surface area contributed by atoms with Crippen LogP contribution in [0.2, 0.25) is 0 Å². The highest BCUT2D eigenvalue weighted by molar-refractivity contribution is 6.35. The third kappa shape index (κ3) is 4.25. The Hall–Kier alpha value is 0.250. The van der Waals surface area contributed by atoms with Gasteiger partial charge in [0.2, 0.25) is 0 Å². The first-order valence-electron chi connectivity index (χ1n) is 0.885. The second kappa shape index (κ2) is 2.49. The topological polar surface area (TPSA) is 0 Å². The molecule has 30 valence electrons. The van der Waals surface area contributed by atoms with Crippen LogP contribution in [0, 0.1) is 0 Å². The van der Waals surface area contributed by atoms with Crippen LogP contribution >= 0.6 is 23.2 Å². The maximum Gasteiger partial charge on any atom is 0.200 e. The van der Waals surface area contributed by atoms with Crippen molar-refractivity contribution in [3.63, 3.8) is 0 Å². The van der Waals surface area contributed by atoms with E-state index in [1.54, 1.807) is 0 Å². The van der Waals surface area contributed by atoms with Crippen molar-refractivity contribution in [1.29, 1.82) is 0 Å². The van der Waals surface area contributed by atoms with Crippen LogP contribution < -0.4 is 0 Å². The van der Waals surface area contributed by atoms with Crippen molar-refractivity contribution < 1.29 is 4.39 Å². The summed E-state index contributed by atoms with van der Waals surface area (Å²) in [5.74, 6) is 0. The van der Waals surface area contributed by atoms with Gasteiger partial charge < -0.3 is 0 Å². The summed E-state index contributed by atoms with van der Waals surface area (Å²) in [5, 5.41) is -0.883. The third-order valence-corrected chi connectivity index (χ3v) is 0.495. The molecule has 3 heteroatoms. The van der Waals surface area contributed by atoms with Crippen LogP contribution in [-0.2, 0) is 0 Å². The predicted molar refractivity (Wildman–Crippen MR) is 20.9 cm³/mol. The minimum atomic E-state index is -0.883. The molecule has 0 unspecified atom stereocenters. The SMILES string of the molecule is FC(Cl)=CCl. The summed E-state index contributed by atoms with van der Waals surface area (Å²) in [4.78, 5) is 0. The minimum Gasteiger partial charge on any atom is -0.193 e. The van der Waals surface area contributed by atoms with Crippen LogP contribution in [0.1, 0.15) is 0 Å². The first-order chi connectivity index (χ1) is 2.27. The first-order valence-corrected chi connectivity index (χ1v) is 1.70. The van der Waals surface area contributed by atoms with Gasteiger partial charge in [-0.1, -0.05) is 23.2 Å². The molecule has 0 N–H and O–H groups in total. The highest BCUT2D eigenvalue weighted by Gasteiger charge is 1.73. The van der Waals surface area contributed by atoms with E-state index in [1.165, 1.54) is 0 Å². The van der Waals surface area contributed by atoms with Crippen molar-refractivity contribution >= 4 is 23.2 Å². The molecule has 0 heterocycles. The van der Waals surface area contributed by atoms with E-state index in [-0.39, 0.29) is 0 Å². The zero-order valence-corrected chi connectivity index (χ0v) is 3.72. The second-order valence-electron chi connectivity index (χ2n) is 0.399. The summed E-state index contributed by atoms with van der Waals surface area (Å²) in [6.45, 7) is 0. The van der Waals surface area contributed by atoms with Gasteiger partial charge in [0.05, 0.1) is 5.54 Å². The van der Waals surface area contributed by atoms with E-state index in [0.717, 1.165) is 0 Å². The monoisotopic (exact) mass is 114 g/mol. The molecule has 0 nitrogen and oxygen atoms in total. The molecule has 5 heavy (non-hydrogen) atoms. The predicted octanol–water partition coefficient (Wildman–Crippen LogP) is 2.23. The van der Waals surface area contributed by atoms with Crippen molar-refractivity contribution in [2.45, 2.75) is 0 Å². The molecule has 0 aromatic rings. The van der Waals surface area contributed by atoms with Crippen LogP contribution in [0.15, 0.2) is 10.8 Å². The van der Waals surface area contributed by atoms with Crippen LogP contribution in [0.25, 0.3) is 0 Å². The molecule has 0 spiro atoms. The fraction of sp³-hybridized carbons (Fsp3) is 0. The van der Waals surface area contributed by atoms with E-state index in [2.05, 4.69) is 23.2 Å². The third-order valence-electron chi connectivity index (χ3n) is 0.0825. The standard InChI is InChI=1S/C2HCl2F/c3-1-2(4)5/h1H. The maximum atomic E-state index is 10.9. The molecule has 0 saturated carbocycles. The Balaban J connectivity index is 3.14. The molecule has 0 aliphatic heterocycles. The summed E-state index contributed by atoms with van der Waals surface area (Å²) in [6.07, 6.45) is 0. The Bertz CT molecular complexity index is 45.6. The van der Waals surface area contributed by atoms with Gasteiger partial charge in [-0.2, -0.15) is 4.39 Å². The minimum absolute atomic E-state index is 0.654. The largest absolute Gasteiger partial charge is 0.200 e. The van der Waals surface area contributed by atoms with Gasteiger partial charge in [0.15, 0.2) is 5.29 Å². The Morgan fingerprint density at radius 2 is 2.00 bits per heavy atom. The molecule has 0 aliphatic rings. The molecule has 0 aromatic carbocycles. The molecule has 0 aromatic heterocycles. The van der Waals surface area contributed by atoms with Crippen molar-refractivity contribution in [3.05, 3.63) is 10.8 Å². The molecular formula is C2HCl2F. The quantitative estimate of drug-likeness (QED) is 0.454. The van der Waals surface area contributed by atoms with Crippen LogP contribution in [0.5, 0.6) is 0 Å². The fourth-order valence-electron chi connectivity index (χ4n) is 0. The Morgan fingerprint density at radius 3 is 2.00 bits per heavy atom. The van der Waals surface area contributed by atoms with Gasteiger partial charge >= 0.3 is 0 Å². The number of hydrogen-bond acceptors (Lipinski definition) is 0. The van der Waals surface area contributed by atoms with Gasteiger partial charge in [-0.3, -0.25) is 0 Å². The van der Waals surface area contributed by atoms with Gasteiger partial charge in [-0.25, -0.2) is 0 Å². The maximum absolute atomic E-state index is 10.9. The zero-order valence-electron chi connectivity index (χ0n) is 2.21. The molecule has 0 saturated heterocycles. The molecular weight excluding hydrogens is 114 g/mol. The van der Waals surface area contributed by atoms with E-state index < -0.39 is 5.29 Å². The van der Waals surface area contributed by atoms with Crippen molar-refractivity contribution in [1.82, 2.24) is 0 Å². The molecule has 0 rings (SSSR count). The summed E-state index contributed by atoms with van der Waals surface area (Å²) in [5.41, 5.74) is 0.654. The molecule has 0 bridgehead atoms. The Morgan fingerprint density at radius 1 is 1.80 bits per heavy atom. The van der Waals surface area contributed by atoms with Crippen LogP contribution in [0.4, 0.5) is 4.39 Å². The van der Waals surface area contributed by atoms with E-state index >= 15 is 0 Å². The van der Waals surface area contributed by atoms with Gasteiger partial charge in [0, 0.05) is 0 Å². The number of rotatable bonds is 0. The molecule has 0 radical (unpaired) electrons. The average molecular weight is 115 g/mol. The van der Waals surface area contributed by atoms with Crippen LogP contribution in [-0.4, -0.2) is 0 Å². The highest BCUT2D eigenvalue weighted by atomic mass is 35.5. The molecule has 0 amide bonds. The molecule has 0 atom stereocenters.